The Morgan fingerprint density at radius 3 is 2.14 bits per heavy atom. The Morgan fingerprint density at radius 1 is 1.07 bits per heavy atom. The molecule has 2 amide bonds. The van der Waals surface area contributed by atoms with E-state index in [-0.39, 0.29) is 31.8 Å². The molecular weight excluding hydrogens is 420 g/mol. The fourth-order valence-corrected chi connectivity index (χ4v) is 2.47. The van der Waals surface area contributed by atoms with Gasteiger partial charge < -0.3 is 14.7 Å². The number of urea groups is 1. The fourth-order valence-electron chi connectivity index (χ4n) is 2.47. The number of phenols is 1. The van der Waals surface area contributed by atoms with Crippen LogP contribution in [-0.2, 0) is 17.1 Å². The molecule has 2 rings (SSSR count). The number of carbonyl (C=O) groups excluding carboxylic acids is 1. The molecule has 0 aromatic heterocycles. The summed E-state index contributed by atoms with van der Waals surface area (Å²) in [6.07, 6.45) is -10.5. The molecule has 1 aliphatic rings. The molecule has 1 aliphatic heterocycles. The monoisotopic (exact) mass is 438 g/mol. The van der Waals surface area contributed by atoms with Gasteiger partial charge in [0.1, 0.15) is 0 Å². The maximum Gasteiger partial charge on any atom is 0.420 e. The van der Waals surface area contributed by atoms with E-state index in [0.717, 1.165) is 4.90 Å². The number of carbonyl (C=O) groups is 1. The second kappa shape index (κ2) is 9.46. The molecule has 0 aliphatic carbocycles. The maximum atomic E-state index is 13.0. The van der Waals surface area contributed by atoms with Crippen LogP contribution >= 0.6 is 0 Å². The predicted octanol–water partition coefficient (Wildman–Crippen LogP) is 4.94. The van der Waals surface area contributed by atoms with Crippen molar-refractivity contribution in [3.05, 3.63) is 23.3 Å². The summed E-state index contributed by atoms with van der Waals surface area (Å²) in [6.45, 7) is -0.548. The minimum atomic E-state index is -5.30. The van der Waals surface area contributed by atoms with E-state index in [1.54, 1.807) is 0 Å². The molecule has 0 saturated carbocycles. The molecule has 29 heavy (non-hydrogen) atoms. The molecule has 166 valence electrons. The molecule has 1 fully saturated rings. The molecule has 0 atom stereocenters. The van der Waals surface area contributed by atoms with Crippen molar-refractivity contribution >= 4 is 11.7 Å². The van der Waals surface area contributed by atoms with Crippen molar-refractivity contribution in [1.82, 2.24) is 4.90 Å². The second-order valence-corrected chi connectivity index (χ2v) is 5.44. The lowest BCUT2D eigenvalue weighted by Gasteiger charge is -2.23. The van der Waals surface area contributed by atoms with E-state index >= 15 is 0 Å². The molecule has 0 spiro atoms. The van der Waals surface area contributed by atoms with Crippen LogP contribution < -0.4 is 4.90 Å². The van der Waals surface area contributed by atoms with Crippen LogP contribution in [0.4, 0.5) is 45.6 Å². The predicted molar refractivity (Wildman–Crippen MR) is 85.7 cm³/mol. The number of rotatable bonds is 5. The molecule has 5 nitrogen and oxygen atoms in total. The highest BCUT2D eigenvalue weighted by Crippen LogP contribution is 2.45. The van der Waals surface area contributed by atoms with Crippen molar-refractivity contribution in [2.75, 3.05) is 31.1 Å². The van der Waals surface area contributed by atoms with Gasteiger partial charge in [-0.15, -0.1) is 0 Å². The zero-order valence-corrected chi connectivity index (χ0v) is 15.2. The summed E-state index contributed by atoms with van der Waals surface area (Å²) in [5.41, 5.74) is -4.62. The third kappa shape index (κ3) is 6.08. The lowest BCUT2D eigenvalue weighted by atomic mass is 10.1. The summed E-state index contributed by atoms with van der Waals surface area (Å²) in [4.78, 5) is 13.6. The van der Waals surface area contributed by atoms with Crippen LogP contribution in [0.25, 0.3) is 0 Å². The largest absolute Gasteiger partial charge is 0.505 e. The third-order valence-corrected chi connectivity index (χ3v) is 3.71. The Morgan fingerprint density at radius 2 is 1.66 bits per heavy atom. The Kier molecular flexibility index (Phi) is 8.07. The second-order valence-electron chi connectivity index (χ2n) is 5.44. The van der Waals surface area contributed by atoms with Gasteiger partial charge in [-0.25, -0.2) is 4.79 Å². The first-order chi connectivity index (χ1) is 13.3. The van der Waals surface area contributed by atoms with Crippen molar-refractivity contribution < 1.29 is 49.8 Å². The number of hydrogen-bond acceptors (Lipinski definition) is 3. The Hall–Kier alpha value is -2.31. The van der Waals surface area contributed by atoms with E-state index in [0.29, 0.717) is 4.90 Å². The Balaban J connectivity index is 0.00000204. The van der Waals surface area contributed by atoms with Crippen LogP contribution in [0.15, 0.2) is 12.1 Å². The van der Waals surface area contributed by atoms with Crippen molar-refractivity contribution in [3.63, 3.8) is 0 Å². The quantitative estimate of drug-likeness (QED) is 0.663. The summed E-state index contributed by atoms with van der Waals surface area (Å²) in [5, 5.41) is 9.80. The number of halogens is 8. The first kappa shape index (κ1) is 24.7. The van der Waals surface area contributed by atoms with Crippen LogP contribution in [0.3, 0.4) is 0 Å². The van der Waals surface area contributed by atoms with Gasteiger partial charge in [-0.3, -0.25) is 4.90 Å². The number of nitrogens with zero attached hydrogens (tertiary/aromatic N) is 2. The Bertz CT molecular complexity index is 707. The number of phenolic OH excluding ortho intramolecular Hbond substituents is 1. The van der Waals surface area contributed by atoms with E-state index in [2.05, 4.69) is 4.74 Å². The summed E-state index contributed by atoms with van der Waals surface area (Å²) < 4.78 is 105. The topological polar surface area (TPSA) is 53.0 Å². The van der Waals surface area contributed by atoms with Crippen molar-refractivity contribution in [2.24, 2.45) is 0 Å². The van der Waals surface area contributed by atoms with E-state index in [4.69, 9.17) is 0 Å². The third-order valence-electron chi connectivity index (χ3n) is 3.71. The summed E-state index contributed by atoms with van der Waals surface area (Å²) >= 11 is 0. The van der Waals surface area contributed by atoms with Gasteiger partial charge in [-0.05, 0) is 12.1 Å². The zero-order chi connectivity index (χ0) is 22.6. The van der Waals surface area contributed by atoms with Gasteiger partial charge in [-0.2, -0.15) is 35.1 Å². The zero-order valence-electron chi connectivity index (χ0n) is 15.2. The molecule has 0 unspecified atom stereocenters. The number of benzene rings is 1. The van der Waals surface area contributed by atoms with Gasteiger partial charge >= 0.3 is 25.0 Å². The van der Waals surface area contributed by atoms with Gasteiger partial charge in [0.05, 0.1) is 23.4 Å². The molecule has 1 saturated heterocycles. The highest BCUT2D eigenvalue weighted by Gasteiger charge is 2.42. The Labute approximate surface area is 160 Å². The van der Waals surface area contributed by atoms with Crippen molar-refractivity contribution in [1.29, 1.82) is 0 Å². The molecule has 1 aromatic rings. The number of anilines is 1. The first-order valence-corrected chi connectivity index (χ1v) is 8.30. The van der Waals surface area contributed by atoms with E-state index in [1.165, 1.54) is 0 Å². The number of aromatic hydroxyl groups is 1. The molecule has 1 aromatic carbocycles. The number of alkyl halides is 8. The molecule has 0 radical (unpaired) electrons. The highest BCUT2D eigenvalue weighted by atomic mass is 19.4. The molecular formula is C16H18F8N2O3. The van der Waals surface area contributed by atoms with Gasteiger partial charge in [0.25, 0.3) is 0 Å². The van der Waals surface area contributed by atoms with E-state index in [1.807, 2.05) is 13.8 Å². The van der Waals surface area contributed by atoms with Crippen molar-refractivity contribution in [3.8, 4) is 5.75 Å². The standard InChI is InChI=1S/C14H12F8N2O3.C2H6/c15-11(16)27-4-3-23-1-2-24(12(23)26)9-6-7(13(17,18)19)5-8(10(9)25)14(20,21)22;1-2/h5-6,11,25H,1-4H2;1-2H3. The SMILES string of the molecule is CC.O=C1N(CCOC(F)F)CCN1c1cc(C(F)(F)F)cc(C(F)(F)F)c1O. The molecule has 0 bridgehead atoms. The smallest absolute Gasteiger partial charge is 0.420 e. The van der Waals surface area contributed by atoms with Crippen molar-refractivity contribution in [2.45, 2.75) is 32.8 Å². The highest BCUT2D eigenvalue weighted by molar-refractivity contribution is 5.96. The molecule has 13 heteroatoms. The average molecular weight is 438 g/mol. The summed E-state index contributed by atoms with van der Waals surface area (Å²) in [5.74, 6) is -1.53. The average Bonchev–Trinajstić information content (AvgIpc) is 2.95. The normalized spacial score (nSPS) is 15.1. The van der Waals surface area contributed by atoms with Gasteiger partial charge in [-0.1, -0.05) is 13.8 Å². The number of amides is 2. The van der Waals surface area contributed by atoms with Gasteiger partial charge in [0.2, 0.25) is 0 Å². The fraction of sp³-hybridized carbons (Fsp3) is 0.562. The first-order valence-electron chi connectivity index (χ1n) is 8.30. The molecule has 1 N–H and O–H groups in total. The lowest BCUT2D eigenvalue weighted by Crippen LogP contribution is -2.34. The summed E-state index contributed by atoms with van der Waals surface area (Å²) in [6, 6.07) is -1.08. The summed E-state index contributed by atoms with van der Waals surface area (Å²) in [7, 11) is 0. The number of hydrogen-bond donors (Lipinski definition) is 1. The van der Waals surface area contributed by atoms with Crippen LogP contribution in [0, 0.1) is 0 Å². The minimum absolute atomic E-state index is 0.164. The van der Waals surface area contributed by atoms with Crippen LogP contribution in [0.2, 0.25) is 0 Å². The van der Waals surface area contributed by atoms with Crippen LogP contribution in [-0.4, -0.2) is 48.9 Å². The molecule has 1 heterocycles. The number of ether oxygens (including phenoxy) is 1. The lowest BCUT2D eigenvalue weighted by molar-refractivity contribution is -0.143. The van der Waals surface area contributed by atoms with Gasteiger partial charge in [0, 0.05) is 19.6 Å². The van der Waals surface area contributed by atoms with Gasteiger partial charge in [0.15, 0.2) is 5.75 Å². The van der Waals surface area contributed by atoms with E-state index < -0.39 is 54.2 Å². The maximum absolute atomic E-state index is 13.0. The van der Waals surface area contributed by atoms with E-state index in [9.17, 15) is 45.0 Å². The van der Waals surface area contributed by atoms with Crippen LogP contribution in [0.1, 0.15) is 25.0 Å². The minimum Gasteiger partial charge on any atom is -0.505 e. The van der Waals surface area contributed by atoms with Crippen LogP contribution in [0.5, 0.6) is 5.75 Å².